The molecule has 5 heteroatoms. The third-order valence-electron chi connectivity index (χ3n) is 4.34. The summed E-state index contributed by atoms with van der Waals surface area (Å²) in [6.07, 6.45) is 4.60. The highest BCUT2D eigenvalue weighted by Gasteiger charge is 2.27. The van der Waals surface area contributed by atoms with Crippen LogP contribution in [0.1, 0.15) is 39.5 Å². The molecule has 1 aromatic carbocycles. The van der Waals surface area contributed by atoms with Crippen molar-refractivity contribution in [3.63, 3.8) is 0 Å². The molecule has 116 valence electrons. The highest BCUT2D eigenvalue weighted by Crippen LogP contribution is 2.27. The summed E-state index contributed by atoms with van der Waals surface area (Å²) in [6, 6.07) is 7.02. The molecule has 1 aliphatic heterocycles. The molecule has 1 saturated heterocycles. The monoisotopic (exact) mass is 292 g/mol. The minimum Gasteiger partial charge on any atom is -0.382 e. The van der Waals surface area contributed by atoms with Crippen LogP contribution in [0, 0.1) is 16.0 Å². The van der Waals surface area contributed by atoms with E-state index in [1.54, 1.807) is 24.3 Å². The van der Waals surface area contributed by atoms with Crippen LogP contribution in [0.3, 0.4) is 0 Å². The summed E-state index contributed by atoms with van der Waals surface area (Å²) < 4.78 is 5.91. The quantitative estimate of drug-likeness (QED) is 0.636. The number of ether oxygens (including phenoxy) is 1. The molecule has 0 radical (unpaired) electrons. The molecule has 1 fully saturated rings. The zero-order chi connectivity index (χ0) is 15.2. The molecule has 5 nitrogen and oxygen atoms in total. The van der Waals surface area contributed by atoms with Crippen molar-refractivity contribution in [2.45, 2.75) is 51.7 Å². The van der Waals surface area contributed by atoms with Gasteiger partial charge >= 0.3 is 0 Å². The van der Waals surface area contributed by atoms with Crippen molar-refractivity contribution < 1.29 is 9.66 Å². The standard InChI is InChI=1S/C16H24N2O3/c1-3-12(4-2)16-11-14(9-10-21-16)17-13-5-7-15(8-6-13)18(19)20/h5-8,12,14,16-17H,3-4,9-11H2,1-2H3. The van der Waals surface area contributed by atoms with E-state index in [-0.39, 0.29) is 10.6 Å². The summed E-state index contributed by atoms with van der Waals surface area (Å²) in [5.41, 5.74) is 1.07. The van der Waals surface area contributed by atoms with Crippen molar-refractivity contribution in [3.8, 4) is 0 Å². The van der Waals surface area contributed by atoms with E-state index in [0.717, 1.165) is 38.0 Å². The minimum atomic E-state index is -0.374. The van der Waals surface area contributed by atoms with E-state index in [0.29, 0.717) is 18.1 Å². The van der Waals surface area contributed by atoms with Gasteiger partial charge in [0.2, 0.25) is 0 Å². The molecule has 0 aliphatic carbocycles. The van der Waals surface area contributed by atoms with Gasteiger partial charge in [-0.05, 0) is 30.9 Å². The van der Waals surface area contributed by atoms with Gasteiger partial charge in [-0.2, -0.15) is 0 Å². The number of hydrogen-bond donors (Lipinski definition) is 1. The molecule has 1 aliphatic rings. The first-order valence-electron chi connectivity index (χ1n) is 7.76. The van der Waals surface area contributed by atoms with Gasteiger partial charge in [0.05, 0.1) is 11.0 Å². The molecule has 0 aromatic heterocycles. The average Bonchev–Trinajstić information content (AvgIpc) is 2.49. The Kier molecular flexibility index (Phi) is 5.56. The Bertz CT molecular complexity index is 457. The Hall–Kier alpha value is -1.62. The summed E-state index contributed by atoms with van der Waals surface area (Å²) in [4.78, 5) is 10.3. The lowest BCUT2D eigenvalue weighted by atomic mass is 9.89. The van der Waals surface area contributed by atoms with Gasteiger partial charge in [-0.15, -0.1) is 0 Å². The topological polar surface area (TPSA) is 64.4 Å². The molecule has 2 rings (SSSR count). The molecule has 0 amide bonds. The Balaban J connectivity index is 1.94. The number of rotatable bonds is 6. The van der Waals surface area contributed by atoms with Crippen LogP contribution < -0.4 is 5.32 Å². The molecule has 1 N–H and O–H groups in total. The molecule has 0 saturated carbocycles. The van der Waals surface area contributed by atoms with Gasteiger partial charge in [0.15, 0.2) is 0 Å². The van der Waals surface area contributed by atoms with Crippen molar-refractivity contribution in [3.05, 3.63) is 34.4 Å². The molecule has 21 heavy (non-hydrogen) atoms. The highest BCUT2D eigenvalue weighted by molar-refractivity contribution is 5.49. The summed E-state index contributed by atoms with van der Waals surface area (Å²) >= 11 is 0. The van der Waals surface area contributed by atoms with Gasteiger partial charge in [-0.1, -0.05) is 26.7 Å². The maximum absolute atomic E-state index is 10.7. The third-order valence-corrected chi connectivity index (χ3v) is 4.34. The smallest absolute Gasteiger partial charge is 0.269 e. The number of anilines is 1. The zero-order valence-corrected chi connectivity index (χ0v) is 12.7. The predicted octanol–water partition coefficient (Wildman–Crippen LogP) is 3.99. The van der Waals surface area contributed by atoms with E-state index in [1.807, 2.05) is 0 Å². The van der Waals surface area contributed by atoms with Crippen LogP contribution in [0.4, 0.5) is 11.4 Å². The number of nitro benzene ring substituents is 1. The van der Waals surface area contributed by atoms with Crippen LogP contribution in [-0.2, 0) is 4.74 Å². The second kappa shape index (κ2) is 7.41. The summed E-state index contributed by atoms with van der Waals surface area (Å²) in [5, 5.41) is 14.1. The average molecular weight is 292 g/mol. The second-order valence-electron chi connectivity index (χ2n) is 5.66. The Labute approximate surface area is 125 Å². The molecule has 1 aromatic rings. The van der Waals surface area contributed by atoms with E-state index in [2.05, 4.69) is 19.2 Å². The minimum absolute atomic E-state index is 0.127. The van der Waals surface area contributed by atoms with Crippen molar-refractivity contribution in [2.24, 2.45) is 5.92 Å². The van der Waals surface area contributed by atoms with Crippen molar-refractivity contribution >= 4 is 11.4 Å². The molecule has 0 bridgehead atoms. The van der Waals surface area contributed by atoms with Gasteiger partial charge in [0, 0.05) is 30.5 Å². The summed E-state index contributed by atoms with van der Waals surface area (Å²) in [6.45, 7) is 5.21. The van der Waals surface area contributed by atoms with Crippen LogP contribution in [0.5, 0.6) is 0 Å². The second-order valence-corrected chi connectivity index (χ2v) is 5.66. The Morgan fingerprint density at radius 3 is 2.57 bits per heavy atom. The largest absolute Gasteiger partial charge is 0.382 e. The maximum Gasteiger partial charge on any atom is 0.269 e. The van der Waals surface area contributed by atoms with Crippen molar-refractivity contribution in [1.29, 1.82) is 0 Å². The zero-order valence-electron chi connectivity index (χ0n) is 12.7. The third kappa shape index (κ3) is 4.17. The summed E-state index contributed by atoms with van der Waals surface area (Å²) in [5.74, 6) is 0.617. The molecular formula is C16H24N2O3. The lowest BCUT2D eigenvalue weighted by Crippen LogP contribution is -2.37. The van der Waals surface area contributed by atoms with Crippen molar-refractivity contribution in [1.82, 2.24) is 0 Å². The summed E-state index contributed by atoms with van der Waals surface area (Å²) in [7, 11) is 0. The van der Waals surface area contributed by atoms with E-state index in [9.17, 15) is 10.1 Å². The maximum atomic E-state index is 10.7. The van der Waals surface area contributed by atoms with E-state index in [1.165, 1.54) is 0 Å². The normalized spacial score (nSPS) is 22.2. The fourth-order valence-electron chi connectivity index (χ4n) is 3.02. The first kappa shape index (κ1) is 15.8. The Morgan fingerprint density at radius 2 is 2.00 bits per heavy atom. The highest BCUT2D eigenvalue weighted by atomic mass is 16.6. The Morgan fingerprint density at radius 1 is 1.33 bits per heavy atom. The molecule has 1 heterocycles. The lowest BCUT2D eigenvalue weighted by Gasteiger charge is -2.34. The molecule has 2 atom stereocenters. The number of benzene rings is 1. The number of nitrogens with zero attached hydrogens (tertiary/aromatic N) is 1. The van der Waals surface area contributed by atoms with E-state index >= 15 is 0 Å². The van der Waals surface area contributed by atoms with Crippen molar-refractivity contribution in [2.75, 3.05) is 11.9 Å². The number of non-ortho nitro benzene ring substituents is 1. The number of nitrogens with one attached hydrogen (secondary N) is 1. The van der Waals surface area contributed by atoms with E-state index < -0.39 is 0 Å². The predicted molar refractivity (Wildman–Crippen MR) is 83.6 cm³/mol. The van der Waals surface area contributed by atoms with E-state index in [4.69, 9.17) is 4.74 Å². The molecule has 2 unspecified atom stereocenters. The van der Waals surface area contributed by atoms with Crippen LogP contribution >= 0.6 is 0 Å². The first-order chi connectivity index (χ1) is 10.1. The van der Waals surface area contributed by atoms with Crippen LogP contribution in [0.25, 0.3) is 0 Å². The first-order valence-corrected chi connectivity index (χ1v) is 7.76. The fraction of sp³-hybridized carbons (Fsp3) is 0.625. The molecule has 0 spiro atoms. The SMILES string of the molecule is CCC(CC)C1CC(Nc2ccc([N+](=O)[O-])cc2)CCO1. The van der Waals surface area contributed by atoms with Gasteiger partial charge in [0.25, 0.3) is 5.69 Å². The van der Waals surface area contributed by atoms with Crippen LogP contribution in [-0.4, -0.2) is 23.7 Å². The lowest BCUT2D eigenvalue weighted by molar-refractivity contribution is -0.384. The van der Waals surface area contributed by atoms with Crippen LogP contribution in [0.15, 0.2) is 24.3 Å². The van der Waals surface area contributed by atoms with Gasteiger partial charge in [0.1, 0.15) is 0 Å². The fourth-order valence-corrected chi connectivity index (χ4v) is 3.02. The molecular weight excluding hydrogens is 268 g/mol. The van der Waals surface area contributed by atoms with Crippen LogP contribution in [0.2, 0.25) is 0 Å². The van der Waals surface area contributed by atoms with Gasteiger partial charge in [-0.25, -0.2) is 0 Å². The van der Waals surface area contributed by atoms with Gasteiger partial charge in [-0.3, -0.25) is 10.1 Å². The number of hydrogen-bond acceptors (Lipinski definition) is 4. The number of nitro groups is 1. The van der Waals surface area contributed by atoms with Gasteiger partial charge < -0.3 is 10.1 Å².